The van der Waals surface area contributed by atoms with Crippen LogP contribution in [0.3, 0.4) is 0 Å². The molecule has 0 spiro atoms. The van der Waals surface area contributed by atoms with Crippen molar-refractivity contribution in [3.05, 3.63) is 34.0 Å². The summed E-state index contributed by atoms with van der Waals surface area (Å²) in [5.74, 6) is 0. The summed E-state index contributed by atoms with van der Waals surface area (Å²) < 4.78 is 1.71. The van der Waals surface area contributed by atoms with Gasteiger partial charge in [0.2, 0.25) is 0 Å². The third kappa shape index (κ3) is 2.97. The third-order valence-corrected chi connectivity index (χ3v) is 4.10. The Morgan fingerprint density at radius 3 is 2.90 bits per heavy atom. The quantitative estimate of drug-likeness (QED) is 0.857. The lowest BCUT2D eigenvalue weighted by atomic mass is 9.95. The second-order valence-corrected chi connectivity index (χ2v) is 6.07. The Morgan fingerprint density at radius 1 is 1.29 bits per heavy atom. The molecular formula is C16H22N4O. The molecule has 0 aromatic carbocycles. The Labute approximate surface area is 124 Å². The van der Waals surface area contributed by atoms with Gasteiger partial charge in [0.05, 0.1) is 11.7 Å². The highest BCUT2D eigenvalue weighted by Crippen LogP contribution is 2.21. The van der Waals surface area contributed by atoms with Crippen molar-refractivity contribution in [2.45, 2.75) is 38.6 Å². The molecule has 112 valence electrons. The van der Waals surface area contributed by atoms with Gasteiger partial charge in [0.1, 0.15) is 0 Å². The minimum atomic E-state index is 0.0413. The molecule has 2 aromatic rings. The van der Waals surface area contributed by atoms with E-state index >= 15 is 0 Å². The average molecular weight is 286 g/mol. The topological polar surface area (TPSA) is 51.0 Å². The number of rotatable bonds is 4. The summed E-state index contributed by atoms with van der Waals surface area (Å²) >= 11 is 0. The summed E-state index contributed by atoms with van der Waals surface area (Å²) in [5.41, 5.74) is 3.01. The van der Waals surface area contributed by atoms with E-state index in [0.29, 0.717) is 17.6 Å². The van der Waals surface area contributed by atoms with Gasteiger partial charge in [-0.1, -0.05) is 0 Å². The van der Waals surface area contributed by atoms with Crippen LogP contribution in [0.15, 0.2) is 17.2 Å². The number of aromatic nitrogens is 3. The molecule has 0 bridgehead atoms. The van der Waals surface area contributed by atoms with E-state index in [1.165, 1.54) is 18.4 Å². The fourth-order valence-corrected chi connectivity index (χ4v) is 2.93. The molecule has 5 nitrogen and oxygen atoms in total. The second-order valence-electron chi connectivity index (χ2n) is 6.07. The van der Waals surface area contributed by atoms with Gasteiger partial charge in [0.25, 0.3) is 5.56 Å². The van der Waals surface area contributed by atoms with E-state index < -0.39 is 0 Å². The van der Waals surface area contributed by atoms with Crippen molar-refractivity contribution >= 4 is 11.0 Å². The zero-order valence-corrected chi connectivity index (χ0v) is 12.8. The molecule has 0 unspecified atom stereocenters. The molecule has 0 aliphatic heterocycles. The second kappa shape index (κ2) is 5.93. The summed E-state index contributed by atoms with van der Waals surface area (Å²) in [7, 11) is 4.08. The largest absolute Gasteiger partial charge is 0.309 e. The maximum absolute atomic E-state index is 12.6. The van der Waals surface area contributed by atoms with Crippen LogP contribution in [0, 0.1) is 0 Å². The van der Waals surface area contributed by atoms with Crippen LogP contribution in [0.5, 0.6) is 0 Å². The summed E-state index contributed by atoms with van der Waals surface area (Å²) in [6.07, 6.45) is 7.01. The maximum Gasteiger partial charge on any atom is 0.262 e. The minimum Gasteiger partial charge on any atom is -0.309 e. The van der Waals surface area contributed by atoms with Gasteiger partial charge in [-0.2, -0.15) is 0 Å². The highest BCUT2D eigenvalue weighted by molar-refractivity contribution is 5.74. The maximum atomic E-state index is 12.6. The number of hydrogen-bond donors (Lipinski definition) is 0. The van der Waals surface area contributed by atoms with E-state index in [9.17, 15) is 4.79 Å². The molecule has 0 saturated heterocycles. The van der Waals surface area contributed by atoms with Crippen LogP contribution >= 0.6 is 0 Å². The summed E-state index contributed by atoms with van der Waals surface area (Å²) in [4.78, 5) is 23.7. The molecule has 3 rings (SSSR count). The molecule has 21 heavy (non-hydrogen) atoms. The van der Waals surface area contributed by atoms with Crippen molar-refractivity contribution in [3.8, 4) is 0 Å². The van der Waals surface area contributed by atoms with Crippen LogP contribution in [0.2, 0.25) is 0 Å². The summed E-state index contributed by atoms with van der Waals surface area (Å²) in [5, 5.41) is 0.669. The van der Waals surface area contributed by atoms with Crippen LogP contribution in [-0.4, -0.2) is 40.1 Å². The molecule has 5 heteroatoms. The van der Waals surface area contributed by atoms with Gasteiger partial charge in [-0.05, 0) is 64.4 Å². The first-order valence-corrected chi connectivity index (χ1v) is 7.68. The van der Waals surface area contributed by atoms with Crippen molar-refractivity contribution in [3.63, 3.8) is 0 Å². The smallest absolute Gasteiger partial charge is 0.262 e. The molecule has 0 radical (unpaired) electrons. The van der Waals surface area contributed by atoms with E-state index in [-0.39, 0.29) is 5.56 Å². The number of aryl methyl sites for hydroxylation is 3. The Bertz CT molecular complexity index is 705. The van der Waals surface area contributed by atoms with Crippen LogP contribution in [0.25, 0.3) is 11.0 Å². The number of nitrogens with zero attached hydrogens (tertiary/aromatic N) is 4. The molecule has 0 fully saturated rings. The average Bonchev–Trinajstić information content (AvgIpc) is 2.48. The van der Waals surface area contributed by atoms with Gasteiger partial charge < -0.3 is 4.90 Å². The molecule has 2 heterocycles. The molecule has 0 amide bonds. The third-order valence-electron chi connectivity index (χ3n) is 4.10. The number of fused-ring (bicyclic) bond motifs is 2. The fraction of sp³-hybridized carbons (Fsp3) is 0.562. The molecular weight excluding hydrogens is 264 g/mol. The fourth-order valence-electron chi connectivity index (χ4n) is 2.93. The van der Waals surface area contributed by atoms with Gasteiger partial charge in [0.15, 0.2) is 5.65 Å². The van der Waals surface area contributed by atoms with Gasteiger partial charge in [0, 0.05) is 12.2 Å². The van der Waals surface area contributed by atoms with Crippen molar-refractivity contribution in [1.82, 2.24) is 19.4 Å². The Kier molecular flexibility index (Phi) is 4.01. The Balaban J connectivity index is 1.94. The highest BCUT2D eigenvalue weighted by atomic mass is 16.1. The van der Waals surface area contributed by atoms with Gasteiger partial charge >= 0.3 is 0 Å². The molecule has 1 aliphatic rings. The predicted octanol–water partition coefficient (Wildman–Crippen LogP) is 1.62. The summed E-state index contributed by atoms with van der Waals surface area (Å²) in [6, 6.07) is 2.02. The lowest BCUT2D eigenvalue weighted by molar-refractivity contribution is 0.384. The van der Waals surface area contributed by atoms with Crippen LogP contribution in [0.1, 0.15) is 30.5 Å². The van der Waals surface area contributed by atoms with E-state index in [2.05, 4.69) is 14.9 Å². The Morgan fingerprint density at radius 2 is 2.10 bits per heavy atom. The number of hydrogen-bond acceptors (Lipinski definition) is 4. The van der Waals surface area contributed by atoms with Crippen LogP contribution in [-0.2, 0) is 19.4 Å². The van der Waals surface area contributed by atoms with Gasteiger partial charge in [-0.3, -0.25) is 9.36 Å². The first kappa shape index (κ1) is 14.2. The predicted molar refractivity (Wildman–Crippen MR) is 83.6 cm³/mol. The lowest BCUT2D eigenvalue weighted by Crippen LogP contribution is -2.24. The van der Waals surface area contributed by atoms with Gasteiger partial charge in [-0.25, -0.2) is 9.97 Å². The molecule has 2 aromatic heterocycles. The lowest BCUT2D eigenvalue weighted by Gasteiger charge is -2.15. The first-order chi connectivity index (χ1) is 10.1. The summed E-state index contributed by atoms with van der Waals surface area (Å²) in [6.45, 7) is 1.67. The van der Waals surface area contributed by atoms with Crippen molar-refractivity contribution in [1.29, 1.82) is 0 Å². The van der Waals surface area contributed by atoms with Crippen molar-refractivity contribution in [2.75, 3.05) is 20.6 Å². The van der Waals surface area contributed by atoms with Crippen molar-refractivity contribution < 1.29 is 0 Å². The van der Waals surface area contributed by atoms with E-state index in [1.54, 1.807) is 10.9 Å². The number of pyridine rings is 1. The van der Waals surface area contributed by atoms with E-state index in [0.717, 1.165) is 31.5 Å². The van der Waals surface area contributed by atoms with Crippen molar-refractivity contribution in [2.24, 2.45) is 0 Å². The Hall–Kier alpha value is -1.75. The zero-order chi connectivity index (χ0) is 14.8. The van der Waals surface area contributed by atoms with Crippen LogP contribution in [0.4, 0.5) is 0 Å². The van der Waals surface area contributed by atoms with Gasteiger partial charge in [-0.15, -0.1) is 0 Å². The standard InChI is InChI=1S/C16H22N4O/c1-19(2)8-5-9-20-11-17-15-13(16(20)21)10-12-6-3-4-7-14(12)18-15/h10-11H,3-9H2,1-2H3. The molecule has 1 aliphatic carbocycles. The molecule has 0 N–H and O–H groups in total. The highest BCUT2D eigenvalue weighted by Gasteiger charge is 2.14. The SMILES string of the molecule is CN(C)CCCn1cnc2nc3c(cc2c1=O)CCCC3. The van der Waals surface area contributed by atoms with E-state index in [4.69, 9.17) is 0 Å². The van der Waals surface area contributed by atoms with E-state index in [1.807, 2.05) is 20.2 Å². The van der Waals surface area contributed by atoms with Crippen LogP contribution < -0.4 is 5.56 Å². The monoisotopic (exact) mass is 286 g/mol. The normalized spacial score (nSPS) is 14.6. The molecule has 0 atom stereocenters. The molecule has 0 saturated carbocycles. The zero-order valence-electron chi connectivity index (χ0n) is 12.8. The minimum absolute atomic E-state index is 0.0413. The first-order valence-electron chi connectivity index (χ1n) is 7.68.